The average molecular weight is 142 g/mol. The molecule has 0 aromatic rings. The fourth-order valence-electron chi connectivity index (χ4n) is 0.875. The fourth-order valence-corrected chi connectivity index (χ4v) is 0.875. The summed E-state index contributed by atoms with van der Waals surface area (Å²) in [5, 5.41) is 3.38. The SMILES string of the molecule is [CH2]CCCNCCCCC. The Morgan fingerprint density at radius 3 is 2.40 bits per heavy atom. The van der Waals surface area contributed by atoms with Crippen molar-refractivity contribution in [1.29, 1.82) is 0 Å². The van der Waals surface area contributed by atoms with Gasteiger partial charge in [-0.2, -0.15) is 0 Å². The Kier molecular flexibility index (Phi) is 8.92. The monoisotopic (exact) mass is 142 g/mol. The van der Waals surface area contributed by atoms with Gasteiger partial charge in [0, 0.05) is 0 Å². The second-order valence-corrected chi connectivity index (χ2v) is 2.66. The molecule has 0 aromatic heterocycles. The molecule has 10 heavy (non-hydrogen) atoms. The molecule has 0 rings (SSSR count). The second-order valence-electron chi connectivity index (χ2n) is 2.66. The Bertz CT molecular complexity index is 44.7. The summed E-state index contributed by atoms with van der Waals surface area (Å²) in [4.78, 5) is 0. The zero-order valence-electron chi connectivity index (χ0n) is 7.16. The predicted octanol–water partition coefficient (Wildman–Crippen LogP) is 2.38. The number of unbranched alkanes of at least 4 members (excludes halogenated alkanes) is 3. The van der Waals surface area contributed by atoms with Crippen LogP contribution in [0.15, 0.2) is 0 Å². The van der Waals surface area contributed by atoms with Gasteiger partial charge in [-0.25, -0.2) is 0 Å². The first-order valence-corrected chi connectivity index (χ1v) is 4.41. The lowest BCUT2D eigenvalue weighted by atomic mass is 10.2. The van der Waals surface area contributed by atoms with Crippen molar-refractivity contribution >= 4 is 0 Å². The van der Waals surface area contributed by atoms with Crippen molar-refractivity contribution in [2.45, 2.75) is 39.0 Å². The van der Waals surface area contributed by atoms with Crippen LogP contribution in [0.5, 0.6) is 0 Å². The van der Waals surface area contributed by atoms with Crippen molar-refractivity contribution in [3.05, 3.63) is 6.92 Å². The van der Waals surface area contributed by atoms with Crippen LogP contribution in [-0.2, 0) is 0 Å². The third-order valence-electron chi connectivity index (χ3n) is 1.56. The number of rotatable bonds is 7. The van der Waals surface area contributed by atoms with Gasteiger partial charge < -0.3 is 5.32 Å². The summed E-state index contributed by atoms with van der Waals surface area (Å²) >= 11 is 0. The lowest BCUT2D eigenvalue weighted by Crippen LogP contribution is -2.16. The van der Waals surface area contributed by atoms with Gasteiger partial charge in [0.05, 0.1) is 0 Å². The molecular weight excluding hydrogens is 122 g/mol. The molecule has 0 bridgehead atoms. The van der Waals surface area contributed by atoms with Crippen LogP contribution in [0.4, 0.5) is 0 Å². The van der Waals surface area contributed by atoms with Crippen molar-refractivity contribution in [2.24, 2.45) is 0 Å². The minimum absolute atomic E-state index is 1.06. The Hall–Kier alpha value is -0.0400. The Morgan fingerprint density at radius 1 is 1.10 bits per heavy atom. The Balaban J connectivity index is 2.65. The molecule has 1 N–H and O–H groups in total. The molecule has 1 heteroatoms. The van der Waals surface area contributed by atoms with Crippen molar-refractivity contribution in [3.8, 4) is 0 Å². The van der Waals surface area contributed by atoms with Crippen LogP contribution in [-0.4, -0.2) is 13.1 Å². The third-order valence-corrected chi connectivity index (χ3v) is 1.56. The van der Waals surface area contributed by atoms with E-state index in [4.69, 9.17) is 0 Å². The quantitative estimate of drug-likeness (QED) is 0.538. The first kappa shape index (κ1) is 9.96. The average Bonchev–Trinajstić information content (AvgIpc) is 1.97. The molecule has 0 aromatic carbocycles. The van der Waals surface area contributed by atoms with E-state index in [1.807, 2.05) is 0 Å². The molecule has 0 aliphatic carbocycles. The molecule has 0 unspecified atom stereocenters. The predicted molar refractivity (Wildman–Crippen MR) is 47.0 cm³/mol. The second kappa shape index (κ2) is 8.96. The van der Waals surface area contributed by atoms with E-state index in [0.717, 1.165) is 13.0 Å². The van der Waals surface area contributed by atoms with Crippen molar-refractivity contribution in [2.75, 3.05) is 13.1 Å². The molecular formula is C9H20N. The summed E-state index contributed by atoms with van der Waals surface area (Å²) in [6, 6.07) is 0. The topological polar surface area (TPSA) is 12.0 Å². The van der Waals surface area contributed by atoms with Crippen molar-refractivity contribution in [1.82, 2.24) is 5.32 Å². The van der Waals surface area contributed by atoms with Gasteiger partial charge in [-0.05, 0) is 25.9 Å². The summed E-state index contributed by atoms with van der Waals surface area (Å²) in [5.74, 6) is 0. The largest absolute Gasteiger partial charge is 0.317 e. The molecule has 1 radical (unpaired) electrons. The molecule has 1 nitrogen and oxygen atoms in total. The number of hydrogen-bond acceptors (Lipinski definition) is 1. The molecule has 0 heterocycles. The summed E-state index contributed by atoms with van der Waals surface area (Å²) in [6.07, 6.45) is 6.27. The molecule has 0 spiro atoms. The zero-order valence-corrected chi connectivity index (χ0v) is 7.16. The van der Waals surface area contributed by atoms with Crippen LogP contribution < -0.4 is 5.32 Å². The minimum Gasteiger partial charge on any atom is -0.317 e. The van der Waals surface area contributed by atoms with E-state index in [1.54, 1.807) is 0 Å². The summed E-state index contributed by atoms with van der Waals surface area (Å²) in [6.45, 7) is 8.35. The van der Waals surface area contributed by atoms with Gasteiger partial charge in [0.1, 0.15) is 0 Å². The van der Waals surface area contributed by atoms with Crippen LogP contribution in [0.3, 0.4) is 0 Å². The van der Waals surface area contributed by atoms with Gasteiger partial charge in [-0.3, -0.25) is 0 Å². The lowest BCUT2D eigenvalue weighted by Gasteiger charge is -2.01. The molecule has 0 fully saturated rings. The van der Waals surface area contributed by atoms with Crippen LogP contribution in [0.1, 0.15) is 39.0 Å². The van der Waals surface area contributed by atoms with Crippen LogP contribution in [0.25, 0.3) is 0 Å². The lowest BCUT2D eigenvalue weighted by molar-refractivity contribution is 0.601. The van der Waals surface area contributed by atoms with E-state index in [2.05, 4.69) is 19.2 Å². The Labute approximate surface area is 65.2 Å². The maximum Gasteiger partial charge on any atom is -0.00489 e. The van der Waals surface area contributed by atoms with Gasteiger partial charge in [-0.15, -0.1) is 0 Å². The molecule has 0 aliphatic rings. The van der Waals surface area contributed by atoms with Gasteiger partial charge in [0.2, 0.25) is 0 Å². The van der Waals surface area contributed by atoms with Crippen LogP contribution >= 0.6 is 0 Å². The van der Waals surface area contributed by atoms with E-state index < -0.39 is 0 Å². The van der Waals surface area contributed by atoms with Crippen molar-refractivity contribution < 1.29 is 0 Å². The van der Waals surface area contributed by atoms with E-state index in [-0.39, 0.29) is 0 Å². The maximum absolute atomic E-state index is 3.78. The number of nitrogens with one attached hydrogen (secondary N) is 1. The van der Waals surface area contributed by atoms with Gasteiger partial charge in [0.15, 0.2) is 0 Å². The summed E-state index contributed by atoms with van der Waals surface area (Å²) in [7, 11) is 0. The highest BCUT2D eigenvalue weighted by Gasteiger charge is 1.85. The molecule has 0 atom stereocenters. The molecule has 61 valence electrons. The first-order chi connectivity index (χ1) is 4.91. The molecule has 0 saturated carbocycles. The van der Waals surface area contributed by atoms with Gasteiger partial charge in [0.25, 0.3) is 0 Å². The highest BCUT2D eigenvalue weighted by molar-refractivity contribution is 4.49. The minimum atomic E-state index is 1.06. The third kappa shape index (κ3) is 7.96. The van der Waals surface area contributed by atoms with Gasteiger partial charge >= 0.3 is 0 Å². The van der Waals surface area contributed by atoms with Crippen LogP contribution in [0.2, 0.25) is 0 Å². The van der Waals surface area contributed by atoms with E-state index >= 15 is 0 Å². The number of hydrogen-bond donors (Lipinski definition) is 1. The Morgan fingerprint density at radius 2 is 1.80 bits per heavy atom. The first-order valence-electron chi connectivity index (χ1n) is 4.41. The van der Waals surface area contributed by atoms with E-state index in [0.29, 0.717) is 0 Å². The highest BCUT2D eigenvalue weighted by Crippen LogP contribution is 1.91. The fraction of sp³-hybridized carbons (Fsp3) is 0.889. The van der Waals surface area contributed by atoms with E-state index in [1.165, 1.54) is 32.2 Å². The normalized spacial score (nSPS) is 10.2. The van der Waals surface area contributed by atoms with E-state index in [9.17, 15) is 0 Å². The van der Waals surface area contributed by atoms with Crippen LogP contribution in [0, 0.1) is 6.92 Å². The molecule has 0 aliphatic heterocycles. The molecule has 0 saturated heterocycles. The summed E-state index contributed by atoms with van der Waals surface area (Å²) < 4.78 is 0. The maximum atomic E-state index is 3.78. The van der Waals surface area contributed by atoms with Gasteiger partial charge in [-0.1, -0.05) is 33.1 Å². The standard InChI is InChI=1S/C9H20N/c1-3-5-7-9-10-8-6-4-2/h10H,2-9H2,1H3. The zero-order chi connectivity index (χ0) is 7.66. The molecule has 0 amide bonds. The smallest absolute Gasteiger partial charge is 0.00489 e. The summed E-state index contributed by atoms with van der Waals surface area (Å²) in [5.41, 5.74) is 0. The van der Waals surface area contributed by atoms with Crippen molar-refractivity contribution in [3.63, 3.8) is 0 Å². The highest BCUT2D eigenvalue weighted by atomic mass is 14.8.